The first-order chi connectivity index (χ1) is 8.22. The first kappa shape index (κ1) is 14.5. The van der Waals surface area contributed by atoms with Gasteiger partial charge in [-0.2, -0.15) is 0 Å². The third-order valence-corrected chi connectivity index (χ3v) is 3.06. The van der Waals surface area contributed by atoms with Crippen LogP contribution in [0.5, 0.6) is 0 Å². The molecule has 2 N–H and O–H groups in total. The van der Waals surface area contributed by atoms with Crippen LogP contribution in [0.3, 0.4) is 0 Å². The first-order valence-corrected chi connectivity index (χ1v) is 6.85. The SMILES string of the molecule is CCCNCCNC(=O)CCC1CCC(C)O1. The van der Waals surface area contributed by atoms with E-state index in [1.54, 1.807) is 0 Å². The molecule has 0 saturated carbocycles. The van der Waals surface area contributed by atoms with Crippen molar-refractivity contribution < 1.29 is 9.53 Å². The van der Waals surface area contributed by atoms with E-state index >= 15 is 0 Å². The van der Waals surface area contributed by atoms with E-state index in [0.29, 0.717) is 18.6 Å². The fraction of sp³-hybridized carbons (Fsp3) is 0.923. The largest absolute Gasteiger partial charge is 0.375 e. The second kappa shape index (κ2) is 8.48. The highest BCUT2D eigenvalue weighted by atomic mass is 16.5. The van der Waals surface area contributed by atoms with Crippen LogP contribution in [0.25, 0.3) is 0 Å². The predicted molar refractivity (Wildman–Crippen MR) is 69.0 cm³/mol. The van der Waals surface area contributed by atoms with Crippen LogP contribution in [-0.2, 0) is 9.53 Å². The van der Waals surface area contributed by atoms with Crippen LogP contribution >= 0.6 is 0 Å². The van der Waals surface area contributed by atoms with Crippen molar-refractivity contribution in [3.05, 3.63) is 0 Å². The molecule has 100 valence electrons. The second-order valence-corrected chi connectivity index (χ2v) is 4.78. The van der Waals surface area contributed by atoms with Gasteiger partial charge in [-0.1, -0.05) is 6.92 Å². The average Bonchev–Trinajstić information content (AvgIpc) is 2.72. The third-order valence-electron chi connectivity index (χ3n) is 3.06. The standard InChI is InChI=1S/C13H26N2O2/c1-3-8-14-9-10-15-13(16)7-6-12-5-4-11(2)17-12/h11-12,14H,3-10H2,1-2H3,(H,15,16). The van der Waals surface area contributed by atoms with E-state index in [9.17, 15) is 4.79 Å². The number of carbonyl (C=O) groups excluding carboxylic acids is 1. The number of rotatable bonds is 8. The molecule has 0 aliphatic carbocycles. The average molecular weight is 242 g/mol. The molecule has 1 aliphatic heterocycles. The lowest BCUT2D eigenvalue weighted by molar-refractivity contribution is -0.121. The van der Waals surface area contributed by atoms with Crippen LogP contribution in [0.2, 0.25) is 0 Å². The molecule has 4 heteroatoms. The highest BCUT2D eigenvalue weighted by Gasteiger charge is 2.21. The lowest BCUT2D eigenvalue weighted by Gasteiger charge is -2.11. The van der Waals surface area contributed by atoms with Crippen molar-refractivity contribution in [2.45, 2.75) is 58.2 Å². The molecule has 1 amide bonds. The maximum Gasteiger partial charge on any atom is 0.220 e. The van der Waals surface area contributed by atoms with Crippen molar-refractivity contribution in [3.63, 3.8) is 0 Å². The van der Waals surface area contributed by atoms with E-state index in [2.05, 4.69) is 24.5 Å². The van der Waals surface area contributed by atoms with Gasteiger partial charge in [0.25, 0.3) is 0 Å². The van der Waals surface area contributed by atoms with Crippen molar-refractivity contribution in [1.29, 1.82) is 0 Å². The molecule has 0 aromatic rings. The Morgan fingerprint density at radius 3 is 2.76 bits per heavy atom. The lowest BCUT2D eigenvalue weighted by atomic mass is 10.1. The number of ether oxygens (including phenoxy) is 1. The number of hydrogen-bond donors (Lipinski definition) is 2. The predicted octanol–water partition coefficient (Wildman–Crippen LogP) is 1.45. The summed E-state index contributed by atoms with van der Waals surface area (Å²) in [7, 11) is 0. The lowest BCUT2D eigenvalue weighted by Crippen LogP contribution is -2.32. The Balaban J connectivity index is 1.94. The zero-order valence-corrected chi connectivity index (χ0v) is 11.1. The maximum atomic E-state index is 11.5. The van der Waals surface area contributed by atoms with E-state index in [4.69, 9.17) is 4.74 Å². The summed E-state index contributed by atoms with van der Waals surface area (Å²) in [5.41, 5.74) is 0. The van der Waals surface area contributed by atoms with Gasteiger partial charge in [0, 0.05) is 19.5 Å². The highest BCUT2D eigenvalue weighted by Crippen LogP contribution is 2.22. The molecule has 2 unspecified atom stereocenters. The van der Waals surface area contributed by atoms with Gasteiger partial charge in [0.05, 0.1) is 12.2 Å². The van der Waals surface area contributed by atoms with Crippen molar-refractivity contribution in [2.75, 3.05) is 19.6 Å². The summed E-state index contributed by atoms with van der Waals surface area (Å²) in [5, 5.41) is 6.17. The molecule has 1 fully saturated rings. The summed E-state index contributed by atoms with van der Waals surface area (Å²) in [4.78, 5) is 11.5. The molecule has 0 aromatic heterocycles. The zero-order valence-electron chi connectivity index (χ0n) is 11.1. The van der Waals surface area contributed by atoms with Gasteiger partial charge < -0.3 is 15.4 Å². The van der Waals surface area contributed by atoms with Crippen LogP contribution in [-0.4, -0.2) is 37.7 Å². The van der Waals surface area contributed by atoms with E-state index in [0.717, 1.165) is 45.3 Å². The molecule has 17 heavy (non-hydrogen) atoms. The van der Waals surface area contributed by atoms with E-state index < -0.39 is 0 Å². The fourth-order valence-electron chi connectivity index (χ4n) is 2.07. The Morgan fingerprint density at radius 2 is 2.12 bits per heavy atom. The Hall–Kier alpha value is -0.610. The Morgan fingerprint density at radius 1 is 1.29 bits per heavy atom. The van der Waals surface area contributed by atoms with Gasteiger partial charge >= 0.3 is 0 Å². The van der Waals surface area contributed by atoms with Gasteiger partial charge in [-0.15, -0.1) is 0 Å². The van der Waals surface area contributed by atoms with Crippen LogP contribution in [0.1, 0.15) is 46.0 Å². The van der Waals surface area contributed by atoms with E-state index in [1.165, 1.54) is 0 Å². The van der Waals surface area contributed by atoms with Crippen LogP contribution < -0.4 is 10.6 Å². The molecule has 0 bridgehead atoms. The van der Waals surface area contributed by atoms with Crippen molar-refractivity contribution in [3.8, 4) is 0 Å². The maximum absolute atomic E-state index is 11.5. The number of amides is 1. The van der Waals surface area contributed by atoms with Gasteiger partial charge in [-0.05, 0) is 39.2 Å². The van der Waals surface area contributed by atoms with Crippen molar-refractivity contribution in [1.82, 2.24) is 10.6 Å². The van der Waals surface area contributed by atoms with Crippen LogP contribution in [0, 0.1) is 0 Å². The summed E-state index contributed by atoms with van der Waals surface area (Å²) in [5.74, 6) is 0.145. The molecule has 0 aromatic carbocycles. The van der Waals surface area contributed by atoms with E-state index in [-0.39, 0.29) is 5.91 Å². The normalized spacial score (nSPS) is 23.9. The molecular formula is C13H26N2O2. The van der Waals surface area contributed by atoms with Gasteiger partial charge in [0.2, 0.25) is 5.91 Å². The molecule has 1 heterocycles. The van der Waals surface area contributed by atoms with Gasteiger partial charge in [0.15, 0.2) is 0 Å². The number of hydrogen-bond acceptors (Lipinski definition) is 3. The Bertz CT molecular complexity index is 221. The quantitative estimate of drug-likeness (QED) is 0.633. The second-order valence-electron chi connectivity index (χ2n) is 4.78. The minimum absolute atomic E-state index is 0.145. The number of carbonyl (C=O) groups is 1. The molecule has 2 atom stereocenters. The molecule has 4 nitrogen and oxygen atoms in total. The molecule has 1 aliphatic rings. The summed E-state index contributed by atoms with van der Waals surface area (Å²) in [6, 6.07) is 0. The molecule has 1 rings (SSSR count). The van der Waals surface area contributed by atoms with Gasteiger partial charge in [-0.3, -0.25) is 4.79 Å². The third kappa shape index (κ3) is 6.64. The summed E-state index contributed by atoms with van der Waals surface area (Å²) in [6.45, 7) is 6.83. The first-order valence-electron chi connectivity index (χ1n) is 6.85. The van der Waals surface area contributed by atoms with Crippen molar-refractivity contribution in [2.24, 2.45) is 0 Å². The zero-order chi connectivity index (χ0) is 12.5. The molecule has 0 radical (unpaired) electrons. The van der Waals surface area contributed by atoms with Crippen LogP contribution in [0.4, 0.5) is 0 Å². The smallest absolute Gasteiger partial charge is 0.220 e. The van der Waals surface area contributed by atoms with Crippen LogP contribution in [0.15, 0.2) is 0 Å². The molecule has 1 saturated heterocycles. The summed E-state index contributed by atoms with van der Waals surface area (Å²) >= 11 is 0. The Labute approximate surface area is 104 Å². The molecular weight excluding hydrogens is 216 g/mol. The van der Waals surface area contributed by atoms with E-state index in [1.807, 2.05) is 0 Å². The molecule has 0 spiro atoms. The van der Waals surface area contributed by atoms with Crippen molar-refractivity contribution >= 4 is 5.91 Å². The summed E-state index contributed by atoms with van der Waals surface area (Å²) < 4.78 is 5.68. The van der Waals surface area contributed by atoms with Gasteiger partial charge in [-0.25, -0.2) is 0 Å². The monoisotopic (exact) mass is 242 g/mol. The topological polar surface area (TPSA) is 50.4 Å². The minimum Gasteiger partial charge on any atom is -0.375 e. The fourth-order valence-corrected chi connectivity index (χ4v) is 2.07. The van der Waals surface area contributed by atoms with Gasteiger partial charge in [0.1, 0.15) is 0 Å². The highest BCUT2D eigenvalue weighted by molar-refractivity contribution is 5.75. The minimum atomic E-state index is 0.145. The number of nitrogens with one attached hydrogen (secondary N) is 2. The summed E-state index contributed by atoms with van der Waals surface area (Å²) in [6.07, 6.45) is 5.49. The Kier molecular flexibility index (Phi) is 7.21.